The number of aromatic nitrogens is 1. The Labute approximate surface area is 131 Å². The predicted octanol–water partition coefficient (Wildman–Crippen LogP) is 3.86. The number of anilines is 2. The van der Waals surface area contributed by atoms with Crippen LogP contribution in [0.1, 0.15) is 23.0 Å². The Balaban J connectivity index is 2.32. The van der Waals surface area contributed by atoms with Gasteiger partial charge in [0.2, 0.25) is 0 Å². The molecule has 0 saturated heterocycles. The zero-order chi connectivity index (χ0) is 15.4. The second-order valence-corrected chi connectivity index (χ2v) is 5.22. The van der Waals surface area contributed by atoms with E-state index < -0.39 is 5.97 Å². The highest BCUT2D eigenvalue weighted by atomic mass is 79.9. The summed E-state index contributed by atoms with van der Waals surface area (Å²) in [6.07, 6.45) is 0.669. The van der Waals surface area contributed by atoms with Crippen molar-refractivity contribution in [2.24, 2.45) is 0 Å². The maximum Gasteiger partial charge on any atom is 0.335 e. The number of ether oxygens (including phenoxy) is 1. The quantitative estimate of drug-likeness (QED) is 0.856. The van der Waals surface area contributed by atoms with E-state index in [-0.39, 0.29) is 5.56 Å². The topological polar surface area (TPSA) is 71.5 Å². The van der Waals surface area contributed by atoms with Crippen LogP contribution in [0, 0.1) is 0 Å². The van der Waals surface area contributed by atoms with E-state index in [1.807, 2.05) is 25.1 Å². The molecule has 0 fully saturated rings. The second-order valence-electron chi connectivity index (χ2n) is 4.37. The first-order chi connectivity index (χ1) is 10.0. The number of pyridine rings is 1. The molecule has 0 radical (unpaired) electrons. The molecule has 1 aromatic heterocycles. The lowest BCUT2D eigenvalue weighted by molar-refractivity contribution is 0.0696. The number of carboxylic acid groups (broad SMARTS) is 1. The fourth-order valence-corrected chi connectivity index (χ4v) is 2.39. The first-order valence-electron chi connectivity index (χ1n) is 6.38. The van der Waals surface area contributed by atoms with Crippen molar-refractivity contribution in [3.05, 3.63) is 46.1 Å². The fourth-order valence-electron chi connectivity index (χ4n) is 1.85. The summed E-state index contributed by atoms with van der Waals surface area (Å²) in [6.45, 7) is 1.93. The van der Waals surface area contributed by atoms with E-state index in [2.05, 4.69) is 26.2 Å². The van der Waals surface area contributed by atoms with Crippen molar-refractivity contribution in [1.29, 1.82) is 0 Å². The van der Waals surface area contributed by atoms with Gasteiger partial charge < -0.3 is 15.2 Å². The van der Waals surface area contributed by atoms with Gasteiger partial charge >= 0.3 is 5.97 Å². The molecule has 110 valence electrons. The molecule has 0 aliphatic heterocycles. The molecule has 0 unspecified atom stereocenters. The van der Waals surface area contributed by atoms with Crippen molar-refractivity contribution in [2.75, 3.05) is 12.4 Å². The molecule has 21 heavy (non-hydrogen) atoms. The lowest BCUT2D eigenvalue weighted by Gasteiger charge is -2.10. The van der Waals surface area contributed by atoms with Crippen LogP contribution in [0.2, 0.25) is 0 Å². The Kier molecular flexibility index (Phi) is 4.80. The Morgan fingerprint density at radius 2 is 2.14 bits per heavy atom. The van der Waals surface area contributed by atoms with Crippen LogP contribution in [0.15, 0.2) is 34.8 Å². The molecule has 0 atom stereocenters. The summed E-state index contributed by atoms with van der Waals surface area (Å²) < 4.78 is 5.97. The Morgan fingerprint density at radius 3 is 2.71 bits per heavy atom. The lowest BCUT2D eigenvalue weighted by atomic mass is 10.2. The van der Waals surface area contributed by atoms with Crippen molar-refractivity contribution in [1.82, 2.24) is 4.98 Å². The molecule has 0 spiro atoms. The third-order valence-electron chi connectivity index (χ3n) is 2.91. The van der Waals surface area contributed by atoms with Gasteiger partial charge in [0.15, 0.2) is 0 Å². The highest BCUT2D eigenvalue weighted by Gasteiger charge is 2.09. The van der Waals surface area contributed by atoms with Gasteiger partial charge in [-0.15, -0.1) is 0 Å². The SMILES string of the molecule is CCc1cc(C(=O)O)cc(Nc2ccc(OC)c(Br)c2)n1. The van der Waals surface area contributed by atoms with Gasteiger partial charge in [0.25, 0.3) is 0 Å². The Morgan fingerprint density at radius 1 is 1.38 bits per heavy atom. The van der Waals surface area contributed by atoms with Gasteiger partial charge in [0, 0.05) is 11.4 Å². The number of aryl methyl sites for hydroxylation is 1. The van der Waals surface area contributed by atoms with E-state index >= 15 is 0 Å². The number of hydrogen-bond acceptors (Lipinski definition) is 4. The normalized spacial score (nSPS) is 10.2. The van der Waals surface area contributed by atoms with Crippen LogP contribution in [-0.2, 0) is 6.42 Å². The summed E-state index contributed by atoms with van der Waals surface area (Å²) >= 11 is 3.41. The van der Waals surface area contributed by atoms with Gasteiger partial charge in [-0.05, 0) is 52.7 Å². The van der Waals surface area contributed by atoms with Crippen LogP contribution in [-0.4, -0.2) is 23.2 Å². The van der Waals surface area contributed by atoms with Crippen LogP contribution in [0.25, 0.3) is 0 Å². The molecule has 0 aliphatic carbocycles. The minimum Gasteiger partial charge on any atom is -0.496 e. The number of benzene rings is 1. The van der Waals surface area contributed by atoms with Crippen molar-refractivity contribution >= 4 is 33.4 Å². The first-order valence-corrected chi connectivity index (χ1v) is 7.17. The van der Waals surface area contributed by atoms with Crippen molar-refractivity contribution in [3.63, 3.8) is 0 Å². The van der Waals surface area contributed by atoms with Gasteiger partial charge in [-0.3, -0.25) is 0 Å². The molecule has 0 aliphatic rings. The molecular weight excluding hydrogens is 336 g/mol. The molecule has 5 nitrogen and oxygen atoms in total. The zero-order valence-corrected chi connectivity index (χ0v) is 13.3. The van der Waals surface area contributed by atoms with Crippen LogP contribution < -0.4 is 10.1 Å². The number of carbonyl (C=O) groups is 1. The monoisotopic (exact) mass is 350 g/mol. The average Bonchev–Trinajstić information content (AvgIpc) is 2.47. The van der Waals surface area contributed by atoms with Crippen LogP contribution in [0.4, 0.5) is 11.5 Å². The molecule has 0 bridgehead atoms. The van der Waals surface area contributed by atoms with E-state index in [0.717, 1.165) is 21.6 Å². The molecule has 1 aromatic carbocycles. The van der Waals surface area contributed by atoms with E-state index in [1.165, 1.54) is 6.07 Å². The molecule has 1 heterocycles. The van der Waals surface area contributed by atoms with Crippen LogP contribution in [0.5, 0.6) is 5.75 Å². The predicted molar refractivity (Wildman–Crippen MR) is 84.6 cm³/mol. The molecule has 0 amide bonds. The third-order valence-corrected chi connectivity index (χ3v) is 3.53. The Bertz CT molecular complexity index is 674. The molecule has 2 aromatic rings. The van der Waals surface area contributed by atoms with Crippen LogP contribution in [0.3, 0.4) is 0 Å². The highest BCUT2D eigenvalue weighted by Crippen LogP contribution is 2.29. The summed E-state index contributed by atoms with van der Waals surface area (Å²) in [5.41, 5.74) is 1.74. The van der Waals surface area contributed by atoms with Gasteiger partial charge in [-0.25, -0.2) is 9.78 Å². The molecular formula is C15H15BrN2O3. The number of aromatic carboxylic acids is 1. The van der Waals surface area contributed by atoms with E-state index in [9.17, 15) is 4.79 Å². The highest BCUT2D eigenvalue weighted by molar-refractivity contribution is 9.10. The van der Waals surface area contributed by atoms with Gasteiger partial charge in [0.05, 0.1) is 17.1 Å². The van der Waals surface area contributed by atoms with Gasteiger partial charge in [-0.2, -0.15) is 0 Å². The van der Waals surface area contributed by atoms with Crippen molar-refractivity contribution in [2.45, 2.75) is 13.3 Å². The maximum absolute atomic E-state index is 11.1. The van der Waals surface area contributed by atoms with Gasteiger partial charge in [0.1, 0.15) is 11.6 Å². The number of rotatable bonds is 5. The molecule has 2 rings (SSSR count). The molecule has 2 N–H and O–H groups in total. The first kappa shape index (κ1) is 15.3. The van der Waals surface area contributed by atoms with E-state index in [0.29, 0.717) is 12.2 Å². The summed E-state index contributed by atoms with van der Waals surface area (Å²) in [5, 5.41) is 12.2. The number of nitrogens with zero attached hydrogens (tertiary/aromatic N) is 1. The summed E-state index contributed by atoms with van der Waals surface area (Å²) in [6, 6.07) is 8.59. The van der Waals surface area contributed by atoms with Gasteiger partial charge in [-0.1, -0.05) is 6.92 Å². The van der Waals surface area contributed by atoms with E-state index in [1.54, 1.807) is 13.2 Å². The zero-order valence-electron chi connectivity index (χ0n) is 11.7. The lowest BCUT2D eigenvalue weighted by Crippen LogP contribution is -2.03. The average molecular weight is 351 g/mol. The molecule has 0 saturated carbocycles. The number of halogens is 1. The maximum atomic E-state index is 11.1. The summed E-state index contributed by atoms with van der Waals surface area (Å²) in [5.74, 6) is 0.261. The fraction of sp³-hybridized carbons (Fsp3) is 0.200. The smallest absolute Gasteiger partial charge is 0.335 e. The number of carboxylic acids is 1. The molecule has 6 heteroatoms. The van der Waals surface area contributed by atoms with E-state index in [4.69, 9.17) is 9.84 Å². The second kappa shape index (κ2) is 6.58. The summed E-state index contributed by atoms with van der Waals surface area (Å²) in [7, 11) is 1.60. The summed E-state index contributed by atoms with van der Waals surface area (Å²) in [4.78, 5) is 15.5. The minimum absolute atomic E-state index is 0.219. The van der Waals surface area contributed by atoms with Crippen molar-refractivity contribution < 1.29 is 14.6 Å². The minimum atomic E-state index is -0.967. The Hall–Kier alpha value is -2.08. The number of methoxy groups -OCH3 is 1. The third kappa shape index (κ3) is 3.72. The number of hydrogen-bond donors (Lipinski definition) is 2. The number of nitrogens with one attached hydrogen (secondary N) is 1. The van der Waals surface area contributed by atoms with Crippen molar-refractivity contribution in [3.8, 4) is 5.75 Å². The largest absolute Gasteiger partial charge is 0.496 e. The van der Waals surface area contributed by atoms with Crippen LogP contribution >= 0.6 is 15.9 Å². The standard InChI is InChI=1S/C15H15BrN2O3/c1-3-10-6-9(15(19)20)7-14(17-10)18-11-4-5-13(21-2)12(16)8-11/h4-8H,3H2,1-2H3,(H,17,18)(H,19,20).